The summed E-state index contributed by atoms with van der Waals surface area (Å²) in [7, 11) is 0. The lowest BCUT2D eigenvalue weighted by Gasteiger charge is -2.38. The van der Waals surface area contributed by atoms with Crippen LogP contribution >= 0.6 is 0 Å². The molecule has 0 radical (unpaired) electrons. The van der Waals surface area contributed by atoms with E-state index in [0.29, 0.717) is 0 Å². The largest absolute Gasteiger partial charge is 0.339 e. The van der Waals surface area contributed by atoms with E-state index in [0.717, 1.165) is 24.0 Å². The van der Waals surface area contributed by atoms with Gasteiger partial charge in [-0.15, -0.1) is 0 Å². The smallest absolute Gasteiger partial charge is 0.138 e. The molecule has 0 aliphatic heterocycles. The highest BCUT2D eigenvalue weighted by Gasteiger charge is 2.34. The Kier molecular flexibility index (Phi) is 1.87. The number of aromatic nitrogens is 2. The van der Waals surface area contributed by atoms with Crippen LogP contribution in [0.4, 0.5) is 0 Å². The number of nitrogens with two attached hydrogens (primary N) is 1. The number of hydrogen-bond donors (Lipinski definition) is 2. The average Bonchev–Trinajstić information content (AvgIpc) is 2.73. The van der Waals surface area contributed by atoms with Gasteiger partial charge in [0.1, 0.15) is 5.65 Å². The average molecular weight is 237 g/mol. The van der Waals surface area contributed by atoms with E-state index in [1.165, 1.54) is 22.8 Å². The predicted octanol–water partition coefficient (Wildman–Crippen LogP) is 3.05. The Labute approximate surface area is 105 Å². The first-order valence-electron chi connectivity index (χ1n) is 6.42. The topological polar surface area (TPSA) is 54.7 Å². The molecule has 0 saturated heterocycles. The fourth-order valence-corrected chi connectivity index (χ4v) is 2.88. The second-order valence-corrected chi connectivity index (χ2v) is 5.29. The lowest BCUT2D eigenvalue weighted by Crippen LogP contribution is -2.43. The minimum Gasteiger partial charge on any atom is -0.339 e. The summed E-state index contributed by atoms with van der Waals surface area (Å²) in [6.07, 6.45) is 5.25. The summed E-state index contributed by atoms with van der Waals surface area (Å²) < 4.78 is 0. The Balaban J connectivity index is 2.01. The number of nitrogens with zero attached hydrogens (tertiary/aromatic N) is 1. The zero-order valence-electron chi connectivity index (χ0n) is 10.1. The van der Waals surface area contributed by atoms with Crippen molar-refractivity contribution in [1.29, 1.82) is 0 Å². The van der Waals surface area contributed by atoms with E-state index in [-0.39, 0.29) is 5.54 Å². The van der Waals surface area contributed by atoms with Gasteiger partial charge in [0.25, 0.3) is 0 Å². The third kappa shape index (κ3) is 1.25. The summed E-state index contributed by atoms with van der Waals surface area (Å²) in [4.78, 5) is 7.70. The van der Waals surface area contributed by atoms with Crippen molar-refractivity contribution in [3.63, 3.8) is 0 Å². The van der Waals surface area contributed by atoms with E-state index in [2.05, 4.69) is 34.2 Å². The Morgan fingerprint density at radius 3 is 2.83 bits per heavy atom. The predicted molar refractivity (Wildman–Crippen MR) is 73.3 cm³/mol. The number of H-pyrrole nitrogens is 1. The van der Waals surface area contributed by atoms with Crippen LogP contribution in [0.5, 0.6) is 0 Å². The first-order chi connectivity index (χ1) is 8.76. The number of fused-ring (bicyclic) bond motifs is 3. The zero-order valence-corrected chi connectivity index (χ0v) is 10.1. The normalized spacial score (nSPS) is 18.1. The summed E-state index contributed by atoms with van der Waals surface area (Å²) >= 11 is 0. The maximum absolute atomic E-state index is 6.40. The van der Waals surface area contributed by atoms with Crippen molar-refractivity contribution >= 4 is 21.9 Å². The first-order valence-corrected chi connectivity index (χ1v) is 6.42. The highest BCUT2D eigenvalue weighted by molar-refractivity contribution is 6.05. The maximum atomic E-state index is 6.40. The molecule has 1 aliphatic rings. The van der Waals surface area contributed by atoms with Crippen LogP contribution in [-0.4, -0.2) is 9.97 Å². The quantitative estimate of drug-likeness (QED) is 0.683. The van der Waals surface area contributed by atoms with Gasteiger partial charge < -0.3 is 10.7 Å². The second kappa shape index (κ2) is 3.33. The van der Waals surface area contributed by atoms with Crippen molar-refractivity contribution in [1.82, 2.24) is 9.97 Å². The maximum Gasteiger partial charge on any atom is 0.138 e. The molecule has 1 fully saturated rings. The van der Waals surface area contributed by atoms with Crippen LogP contribution in [0.3, 0.4) is 0 Å². The van der Waals surface area contributed by atoms with Gasteiger partial charge in [0.2, 0.25) is 0 Å². The summed E-state index contributed by atoms with van der Waals surface area (Å²) in [5.74, 6) is 0. The van der Waals surface area contributed by atoms with Crippen molar-refractivity contribution < 1.29 is 0 Å². The third-order valence-electron chi connectivity index (χ3n) is 4.19. The molecule has 0 spiro atoms. The summed E-state index contributed by atoms with van der Waals surface area (Å²) in [6, 6.07) is 10.6. The van der Waals surface area contributed by atoms with E-state index in [4.69, 9.17) is 5.73 Å². The van der Waals surface area contributed by atoms with Crippen molar-refractivity contribution in [2.75, 3.05) is 0 Å². The highest BCUT2D eigenvalue weighted by atomic mass is 14.8. The Morgan fingerprint density at radius 2 is 2.06 bits per heavy atom. The van der Waals surface area contributed by atoms with E-state index in [9.17, 15) is 0 Å². The molecule has 1 saturated carbocycles. The van der Waals surface area contributed by atoms with Gasteiger partial charge in [0, 0.05) is 28.0 Å². The number of pyridine rings is 1. The van der Waals surface area contributed by atoms with Crippen LogP contribution in [-0.2, 0) is 5.54 Å². The molecule has 0 atom stereocenters. The Morgan fingerprint density at radius 1 is 1.17 bits per heavy atom. The standard InChI is InChI=1S/C15H15N3/c16-15(6-2-7-15)10-4-5-13-12(9-10)11-3-1-8-17-14(11)18-13/h1,3-5,8-9H,2,6-7,16H2,(H,17,18). The fraction of sp³-hybridized carbons (Fsp3) is 0.267. The van der Waals surface area contributed by atoms with Crippen LogP contribution in [0, 0.1) is 0 Å². The van der Waals surface area contributed by atoms with Crippen molar-refractivity contribution in [2.45, 2.75) is 24.8 Å². The van der Waals surface area contributed by atoms with Crippen molar-refractivity contribution in [3.8, 4) is 0 Å². The van der Waals surface area contributed by atoms with Crippen molar-refractivity contribution in [3.05, 3.63) is 42.1 Å². The Bertz CT molecular complexity index is 738. The minimum atomic E-state index is -0.0972. The molecule has 3 nitrogen and oxygen atoms in total. The monoisotopic (exact) mass is 237 g/mol. The van der Waals surface area contributed by atoms with Crippen LogP contribution in [0.25, 0.3) is 21.9 Å². The van der Waals surface area contributed by atoms with Gasteiger partial charge in [-0.2, -0.15) is 0 Å². The fourth-order valence-electron chi connectivity index (χ4n) is 2.88. The molecule has 18 heavy (non-hydrogen) atoms. The number of nitrogens with one attached hydrogen (secondary N) is 1. The molecule has 90 valence electrons. The van der Waals surface area contributed by atoms with Crippen LogP contribution < -0.4 is 5.73 Å². The lowest BCUT2D eigenvalue weighted by molar-refractivity contribution is 0.254. The van der Waals surface area contributed by atoms with E-state index in [1.54, 1.807) is 0 Å². The molecule has 3 aromatic rings. The third-order valence-corrected chi connectivity index (χ3v) is 4.19. The Hall–Kier alpha value is -1.87. The van der Waals surface area contributed by atoms with E-state index in [1.807, 2.05) is 12.3 Å². The second-order valence-electron chi connectivity index (χ2n) is 5.29. The number of hydrogen-bond acceptors (Lipinski definition) is 2. The highest BCUT2D eigenvalue weighted by Crippen LogP contribution is 2.40. The summed E-state index contributed by atoms with van der Waals surface area (Å²) in [6.45, 7) is 0. The van der Waals surface area contributed by atoms with Gasteiger partial charge in [-0.3, -0.25) is 0 Å². The molecular formula is C15H15N3. The van der Waals surface area contributed by atoms with Crippen LogP contribution in [0.15, 0.2) is 36.5 Å². The number of aromatic amines is 1. The van der Waals surface area contributed by atoms with Gasteiger partial charge in [-0.1, -0.05) is 6.07 Å². The molecule has 3 heteroatoms. The van der Waals surface area contributed by atoms with Gasteiger partial charge in [0.05, 0.1) is 0 Å². The van der Waals surface area contributed by atoms with E-state index < -0.39 is 0 Å². The van der Waals surface area contributed by atoms with Gasteiger partial charge in [-0.05, 0) is 49.1 Å². The van der Waals surface area contributed by atoms with Gasteiger partial charge in [0.15, 0.2) is 0 Å². The lowest BCUT2D eigenvalue weighted by atomic mass is 9.72. The van der Waals surface area contributed by atoms with Crippen molar-refractivity contribution in [2.24, 2.45) is 5.73 Å². The first kappa shape index (κ1) is 10.1. The SMILES string of the molecule is NC1(c2ccc3[nH]c4ncccc4c3c2)CCC1. The van der Waals surface area contributed by atoms with Gasteiger partial charge >= 0.3 is 0 Å². The van der Waals surface area contributed by atoms with E-state index >= 15 is 0 Å². The molecule has 1 aromatic carbocycles. The summed E-state index contributed by atoms with van der Waals surface area (Å²) in [5, 5.41) is 2.41. The summed E-state index contributed by atoms with van der Waals surface area (Å²) in [5.41, 5.74) is 9.64. The van der Waals surface area contributed by atoms with Crippen LogP contribution in [0.1, 0.15) is 24.8 Å². The molecule has 2 heterocycles. The molecular weight excluding hydrogens is 222 g/mol. The number of rotatable bonds is 1. The molecule has 0 bridgehead atoms. The van der Waals surface area contributed by atoms with Crippen LogP contribution in [0.2, 0.25) is 0 Å². The number of benzene rings is 1. The molecule has 1 aliphatic carbocycles. The van der Waals surface area contributed by atoms with Gasteiger partial charge in [-0.25, -0.2) is 4.98 Å². The molecule has 0 unspecified atom stereocenters. The molecule has 3 N–H and O–H groups in total. The molecule has 2 aromatic heterocycles. The minimum absolute atomic E-state index is 0.0972. The zero-order chi connectivity index (χ0) is 12.2. The molecule has 0 amide bonds. The molecule has 4 rings (SSSR count).